The summed E-state index contributed by atoms with van der Waals surface area (Å²) in [6.07, 6.45) is 24.9. The number of rotatable bonds is 13. The smallest absolute Gasteiger partial charge is 0.0901 e. The average Bonchev–Trinajstić information content (AvgIpc) is 3.47. The molecule has 2 nitrogen and oxygen atoms in total. The predicted molar refractivity (Wildman–Crippen MR) is 180 cm³/mol. The molecule has 0 aliphatic heterocycles. The van der Waals surface area contributed by atoms with Crippen LogP contribution in [0.4, 0.5) is 0 Å². The minimum absolute atomic E-state index is 0.624. The van der Waals surface area contributed by atoms with Crippen LogP contribution in [0.5, 0.6) is 0 Å². The maximum absolute atomic E-state index is 5.17. The molecule has 0 radical (unpaired) electrons. The highest BCUT2D eigenvalue weighted by Gasteiger charge is 2.25. The van der Waals surface area contributed by atoms with Crippen molar-refractivity contribution < 1.29 is 9.47 Å². The van der Waals surface area contributed by atoms with Gasteiger partial charge in [0.2, 0.25) is 0 Å². The number of benzene rings is 1. The zero-order valence-electron chi connectivity index (χ0n) is 24.9. The number of allylic oxidation sites excluding steroid dienone is 5. The third-order valence-electron chi connectivity index (χ3n) is 7.23. The maximum atomic E-state index is 5.17. The molecule has 0 saturated heterocycles. The van der Waals surface area contributed by atoms with Gasteiger partial charge in [0.15, 0.2) is 0 Å². The molecule has 0 amide bonds. The van der Waals surface area contributed by atoms with Crippen LogP contribution in [0.3, 0.4) is 0 Å². The second-order valence-electron chi connectivity index (χ2n) is 10.0. The molecule has 0 spiro atoms. The van der Waals surface area contributed by atoms with Crippen LogP contribution >= 0.6 is 0 Å². The monoisotopic (exact) mass is 542 g/mol. The Balaban J connectivity index is 0.000000529. The maximum Gasteiger partial charge on any atom is 0.0901 e. The molecular weight excluding hydrogens is 488 g/mol. The second-order valence-corrected chi connectivity index (χ2v) is 10.0. The fourth-order valence-electron chi connectivity index (χ4n) is 4.82. The van der Waals surface area contributed by atoms with Gasteiger partial charge in [-0.1, -0.05) is 93.1 Å². The summed E-state index contributed by atoms with van der Waals surface area (Å²) in [6, 6.07) is 8.07. The number of hydrogen-bond donors (Lipinski definition) is 0. The van der Waals surface area contributed by atoms with E-state index < -0.39 is 0 Å². The van der Waals surface area contributed by atoms with Crippen molar-refractivity contribution in [2.24, 2.45) is 29.6 Å². The summed E-state index contributed by atoms with van der Waals surface area (Å²) in [7, 11) is 0. The summed E-state index contributed by atoms with van der Waals surface area (Å²) in [5.41, 5.74) is 2.29. The van der Waals surface area contributed by atoms with Crippen LogP contribution in [0, 0.1) is 29.6 Å². The van der Waals surface area contributed by atoms with Crippen LogP contribution in [-0.4, -0.2) is 13.2 Å². The van der Waals surface area contributed by atoms with Crippen LogP contribution in [0.1, 0.15) is 56.1 Å². The molecule has 0 aromatic heterocycles. The van der Waals surface area contributed by atoms with Crippen LogP contribution < -0.4 is 0 Å². The quantitative estimate of drug-likeness (QED) is 0.182. The lowest BCUT2D eigenvalue weighted by Gasteiger charge is -2.31. The van der Waals surface area contributed by atoms with Gasteiger partial charge in [0.05, 0.1) is 25.7 Å². The Kier molecular flexibility index (Phi) is 22.4. The van der Waals surface area contributed by atoms with Gasteiger partial charge in [-0.2, -0.15) is 0 Å². The van der Waals surface area contributed by atoms with Gasteiger partial charge in [-0.25, -0.2) is 0 Å². The molecule has 2 heteroatoms. The fraction of sp³-hybridized carbons (Fsp3) is 0.368. The molecule has 5 unspecified atom stereocenters. The Bertz CT molecular complexity index is 840. The minimum atomic E-state index is 0.624. The van der Waals surface area contributed by atoms with E-state index in [4.69, 9.17) is 9.47 Å². The van der Waals surface area contributed by atoms with Crippen LogP contribution in [0.2, 0.25) is 0 Å². The van der Waals surface area contributed by atoms with Crippen LogP contribution in [0.25, 0.3) is 12.2 Å². The van der Waals surface area contributed by atoms with E-state index in [1.807, 2.05) is 48.6 Å². The van der Waals surface area contributed by atoms with Gasteiger partial charge in [0.25, 0.3) is 0 Å². The lowest BCUT2D eigenvalue weighted by Crippen LogP contribution is -2.20. The number of ether oxygens (including phenoxy) is 2. The first-order chi connectivity index (χ1) is 19.5. The van der Waals surface area contributed by atoms with Crippen molar-refractivity contribution in [3.8, 4) is 0 Å². The first kappa shape index (κ1) is 36.5. The highest BCUT2D eigenvalue weighted by Crippen LogP contribution is 2.35. The van der Waals surface area contributed by atoms with E-state index in [-0.39, 0.29) is 0 Å². The first-order valence-electron chi connectivity index (χ1n) is 14.4. The van der Waals surface area contributed by atoms with Crippen molar-refractivity contribution >= 4 is 12.2 Å². The molecule has 0 bridgehead atoms. The summed E-state index contributed by atoms with van der Waals surface area (Å²) in [6.45, 7) is 34.5. The van der Waals surface area contributed by atoms with Crippen molar-refractivity contribution in [3.05, 3.63) is 138 Å². The van der Waals surface area contributed by atoms with E-state index in [1.165, 1.54) is 51.0 Å². The van der Waals surface area contributed by atoms with E-state index >= 15 is 0 Å². The summed E-state index contributed by atoms with van der Waals surface area (Å²) >= 11 is 0. The van der Waals surface area contributed by atoms with Gasteiger partial charge >= 0.3 is 0 Å². The zero-order valence-corrected chi connectivity index (χ0v) is 24.9. The lowest BCUT2D eigenvalue weighted by atomic mass is 9.74. The van der Waals surface area contributed by atoms with Gasteiger partial charge in [-0.05, 0) is 85.7 Å². The van der Waals surface area contributed by atoms with Gasteiger partial charge in [-0.3, -0.25) is 0 Å². The lowest BCUT2D eigenvalue weighted by molar-refractivity contribution is 0.174. The Labute approximate surface area is 246 Å². The summed E-state index contributed by atoms with van der Waals surface area (Å²) in [5.74, 6) is 3.36. The highest BCUT2D eigenvalue weighted by atomic mass is 16.5. The fourth-order valence-corrected chi connectivity index (χ4v) is 4.82. The Morgan fingerprint density at radius 2 is 1.05 bits per heavy atom. The molecule has 2 saturated carbocycles. The minimum Gasteiger partial charge on any atom is -0.502 e. The molecule has 40 heavy (non-hydrogen) atoms. The topological polar surface area (TPSA) is 18.5 Å². The standard InChI is InChI=1S/C12H18.C11H18O2.C10H10.C5H8/c1-4-10-7-8-11(5-2)12(6-3)9-10;1-3-12-8-10-5-6-11(7-10)9-13-4-2;1-3-9-5-7-10(4-2)8-6-9;1-3-5-4-2/h4-6,10-12H,1-3,7-9H2;3-4,10-11H,1-2,5-9H2;3-8H,1-2H2;3-4H,1-2,5H2. The third-order valence-corrected chi connectivity index (χ3v) is 7.23. The van der Waals surface area contributed by atoms with E-state index in [2.05, 4.69) is 77.4 Å². The highest BCUT2D eigenvalue weighted by molar-refractivity contribution is 5.53. The Morgan fingerprint density at radius 3 is 1.38 bits per heavy atom. The molecule has 2 aliphatic rings. The molecule has 0 heterocycles. The molecule has 2 aliphatic carbocycles. The molecular formula is C38H54O2. The normalized spacial score (nSPS) is 22.4. The van der Waals surface area contributed by atoms with Gasteiger partial charge in [-0.15, -0.1) is 32.9 Å². The molecule has 1 aromatic rings. The summed E-state index contributed by atoms with van der Waals surface area (Å²) in [4.78, 5) is 0. The second kappa shape index (κ2) is 24.5. The SMILES string of the molecule is C=CC1CCC(C=C)C(C=C)C1.C=CCC=C.C=COCC1CCC(COC=C)C1.C=Cc1ccc(C=C)cc1. The molecule has 5 atom stereocenters. The van der Waals surface area contributed by atoms with Gasteiger partial charge in [0.1, 0.15) is 0 Å². The molecule has 2 fully saturated rings. The molecule has 218 valence electrons. The Morgan fingerprint density at radius 1 is 0.575 bits per heavy atom. The molecule has 3 rings (SSSR count). The molecule has 1 aromatic carbocycles. The summed E-state index contributed by atoms with van der Waals surface area (Å²) < 4.78 is 10.3. The van der Waals surface area contributed by atoms with Crippen LogP contribution in [-0.2, 0) is 9.47 Å². The van der Waals surface area contributed by atoms with Gasteiger partial charge < -0.3 is 9.47 Å². The Hall–Kier alpha value is -3.52. The van der Waals surface area contributed by atoms with Crippen molar-refractivity contribution in [3.63, 3.8) is 0 Å². The van der Waals surface area contributed by atoms with E-state index in [9.17, 15) is 0 Å². The largest absolute Gasteiger partial charge is 0.502 e. The first-order valence-corrected chi connectivity index (χ1v) is 14.4. The van der Waals surface area contributed by atoms with Gasteiger partial charge in [0, 0.05) is 0 Å². The number of hydrogen-bond acceptors (Lipinski definition) is 2. The van der Waals surface area contributed by atoms with E-state index in [0.717, 1.165) is 30.8 Å². The van der Waals surface area contributed by atoms with E-state index in [0.29, 0.717) is 29.6 Å². The van der Waals surface area contributed by atoms with Crippen molar-refractivity contribution in [2.75, 3.05) is 13.2 Å². The summed E-state index contributed by atoms with van der Waals surface area (Å²) in [5, 5.41) is 0. The van der Waals surface area contributed by atoms with Crippen molar-refractivity contribution in [1.29, 1.82) is 0 Å². The third kappa shape index (κ3) is 16.4. The zero-order chi connectivity index (χ0) is 30.0. The average molecular weight is 543 g/mol. The predicted octanol–water partition coefficient (Wildman–Crippen LogP) is 11.0. The van der Waals surface area contributed by atoms with E-state index in [1.54, 1.807) is 0 Å². The van der Waals surface area contributed by atoms with Crippen LogP contribution in [0.15, 0.2) is 126 Å². The van der Waals surface area contributed by atoms with Crippen molar-refractivity contribution in [2.45, 2.75) is 44.9 Å². The van der Waals surface area contributed by atoms with Crippen molar-refractivity contribution in [1.82, 2.24) is 0 Å². The molecule has 0 N–H and O–H groups in total.